The Morgan fingerprint density at radius 1 is 1.29 bits per heavy atom. The zero-order valence-electron chi connectivity index (χ0n) is 12.0. The lowest BCUT2D eigenvalue weighted by molar-refractivity contribution is 0.315. The molecule has 1 atom stereocenters. The van der Waals surface area contributed by atoms with E-state index >= 15 is 0 Å². The quantitative estimate of drug-likeness (QED) is 0.770. The predicted molar refractivity (Wildman–Crippen MR) is 87.9 cm³/mol. The van der Waals surface area contributed by atoms with E-state index in [1.165, 1.54) is 10.1 Å². The second-order valence-corrected chi connectivity index (χ2v) is 5.88. The van der Waals surface area contributed by atoms with Crippen molar-refractivity contribution in [1.82, 2.24) is 4.98 Å². The van der Waals surface area contributed by atoms with Crippen molar-refractivity contribution in [2.75, 3.05) is 6.61 Å². The van der Waals surface area contributed by atoms with Gasteiger partial charge >= 0.3 is 0 Å². The fourth-order valence-electron chi connectivity index (χ4n) is 2.32. The molecule has 4 heteroatoms. The molecule has 0 bridgehead atoms. The summed E-state index contributed by atoms with van der Waals surface area (Å²) in [6.07, 6.45) is 4.53. The standard InChI is InChI=1S/C17H18N2OS/c1-2-7-20-13-8-12(9-19-10-13)17(18)15-11-21-16-6-4-3-5-14(15)16/h3-6,8-11,17H,2,7,18H2,1H3. The van der Waals surface area contributed by atoms with E-state index in [1.807, 2.05) is 18.3 Å². The van der Waals surface area contributed by atoms with Crippen LogP contribution in [0.1, 0.15) is 30.5 Å². The minimum absolute atomic E-state index is 0.182. The maximum atomic E-state index is 6.44. The van der Waals surface area contributed by atoms with Crippen molar-refractivity contribution in [3.05, 3.63) is 59.2 Å². The Morgan fingerprint density at radius 2 is 2.14 bits per heavy atom. The van der Waals surface area contributed by atoms with Crippen molar-refractivity contribution >= 4 is 21.4 Å². The molecule has 3 nitrogen and oxygen atoms in total. The highest BCUT2D eigenvalue weighted by atomic mass is 32.1. The van der Waals surface area contributed by atoms with Gasteiger partial charge in [-0.3, -0.25) is 4.98 Å². The maximum Gasteiger partial charge on any atom is 0.137 e. The van der Waals surface area contributed by atoms with Crippen molar-refractivity contribution in [1.29, 1.82) is 0 Å². The van der Waals surface area contributed by atoms with Crippen LogP contribution in [-0.4, -0.2) is 11.6 Å². The Hall–Kier alpha value is -1.91. The molecule has 1 unspecified atom stereocenters. The van der Waals surface area contributed by atoms with Crippen LogP contribution in [0, 0.1) is 0 Å². The molecule has 0 saturated carbocycles. The van der Waals surface area contributed by atoms with Gasteiger partial charge in [-0.05, 0) is 40.4 Å². The summed E-state index contributed by atoms with van der Waals surface area (Å²) in [4.78, 5) is 4.25. The molecule has 108 valence electrons. The molecule has 0 spiro atoms. The van der Waals surface area contributed by atoms with Gasteiger partial charge in [-0.25, -0.2) is 0 Å². The van der Waals surface area contributed by atoms with Crippen LogP contribution in [0.5, 0.6) is 5.75 Å². The van der Waals surface area contributed by atoms with E-state index < -0.39 is 0 Å². The molecule has 0 fully saturated rings. The van der Waals surface area contributed by atoms with Crippen LogP contribution < -0.4 is 10.5 Å². The van der Waals surface area contributed by atoms with Gasteiger partial charge in [0.2, 0.25) is 0 Å². The van der Waals surface area contributed by atoms with Gasteiger partial charge in [-0.2, -0.15) is 0 Å². The topological polar surface area (TPSA) is 48.1 Å². The van der Waals surface area contributed by atoms with Crippen molar-refractivity contribution in [3.63, 3.8) is 0 Å². The van der Waals surface area contributed by atoms with Crippen molar-refractivity contribution < 1.29 is 4.74 Å². The summed E-state index contributed by atoms with van der Waals surface area (Å²) in [5, 5.41) is 3.35. The molecule has 3 rings (SSSR count). The number of nitrogens with two attached hydrogens (primary N) is 1. The zero-order chi connectivity index (χ0) is 14.7. The summed E-state index contributed by atoms with van der Waals surface area (Å²) in [7, 11) is 0. The van der Waals surface area contributed by atoms with Gasteiger partial charge in [0.05, 0.1) is 18.8 Å². The highest BCUT2D eigenvalue weighted by Crippen LogP contribution is 2.32. The molecular formula is C17H18N2OS. The molecule has 1 aromatic carbocycles. The first-order valence-electron chi connectivity index (χ1n) is 7.09. The molecule has 0 saturated heterocycles. The molecule has 3 aromatic rings. The Bertz CT molecular complexity index is 738. The van der Waals surface area contributed by atoms with E-state index in [9.17, 15) is 0 Å². The molecule has 2 heterocycles. The number of rotatable bonds is 5. The van der Waals surface area contributed by atoms with E-state index in [0.717, 1.165) is 23.3 Å². The van der Waals surface area contributed by atoms with E-state index in [0.29, 0.717) is 6.61 Å². The molecule has 0 aliphatic heterocycles. The van der Waals surface area contributed by atoms with Crippen LogP contribution in [0.3, 0.4) is 0 Å². The minimum Gasteiger partial charge on any atom is -0.492 e. The third kappa shape index (κ3) is 2.91. The average Bonchev–Trinajstić information content (AvgIpc) is 2.96. The smallest absolute Gasteiger partial charge is 0.137 e. The number of aromatic nitrogens is 1. The average molecular weight is 298 g/mol. The molecule has 0 radical (unpaired) electrons. The van der Waals surface area contributed by atoms with Crippen LogP contribution in [0.25, 0.3) is 10.1 Å². The third-order valence-electron chi connectivity index (χ3n) is 3.41. The van der Waals surface area contributed by atoms with Crippen molar-refractivity contribution in [2.45, 2.75) is 19.4 Å². The first-order valence-corrected chi connectivity index (χ1v) is 7.97. The summed E-state index contributed by atoms with van der Waals surface area (Å²) in [5.41, 5.74) is 8.56. The van der Waals surface area contributed by atoms with E-state index in [-0.39, 0.29) is 6.04 Å². The highest BCUT2D eigenvalue weighted by Gasteiger charge is 2.14. The number of hydrogen-bond acceptors (Lipinski definition) is 4. The Kier molecular flexibility index (Phi) is 4.18. The zero-order valence-corrected chi connectivity index (χ0v) is 12.8. The lowest BCUT2D eigenvalue weighted by Gasteiger charge is -2.13. The molecule has 0 aliphatic carbocycles. The molecular weight excluding hydrogens is 280 g/mol. The normalized spacial score (nSPS) is 12.5. The number of fused-ring (bicyclic) bond motifs is 1. The predicted octanol–water partition coefficient (Wildman–Crippen LogP) is 4.13. The lowest BCUT2D eigenvalue weighted by Crippen LogP contribution is -2.12. The summed E-state index contributed by atoms with van der Waals surface area (Å²) in [6, 6.07) is 10.1. The maximum absolute atomic E-state index is 6.44. The second kappa shape index (κ2) is 6.24. The Labute approximate surface area is 128 Å². The number of pyridine rings is 1. The van der Waals surface area contributed by atoms with Crippen molar-refractivity contribution in [3.8, 4) is 5.75 Å². The fraction of sp³-hybridized carbons (Fsp3) is 0.235. The van der Waals surface area contributed by atoms with Gasteiger partial charge < -0.3 is 10.5 Å². The molecule has 0 amide bonds. The second-order valence-electron chi connectivity index (χ2n) is 4.97. The number of thiophene rings is 1. The van der Waals surface area contributed by atoms with Crippen LogP contribution in [0.4, 0.5) is 0 Å². The van der Waals surface area contributed by atoms with E-state index in [1.54, 1.807) is 17.5 Å². The molecule has 21 heavy (non-hydrogen) atoms. The minimum atomic E-state index is -0.182. The summed E-state index contributed by atoms with van der Waals surface area (Å²) in [5.74, 6) is 0.782. The SMILES string of the molecule is CCCOc1cncc(C(N)c2csc3ccccc23)c1. The van der Waals surface area contributed by atoms with Gasteiger partial charge in [-0.1, -0.05) is 25.1 Å². The molecule has 2 aromatic heterocycles. The third-order valence-corrected chi connectivity index (χ3v) is 4.39. The first kappa shape index (κ1) is 14.0. The van der Waals surface area contributed by atoms with Crippen LogP contribution in [-0.2, 0) is 0 Å². The first-order chi connectivity index (χ1) is 10.3. The van der Waals surface area contributed by atoms with Gasteiger partial charge in [-0.15, -0.1) is 11.3 Å². The highest BCUT2D eigenvalue weighted by molar-refractivity contribution is 7.17. The lowest BCUT2D eigenvalue weighted by atomic mass is 10.0. The fourth-order valence-corrected chi connectivity index (χ4v) is 3.32. The van der Waals surface area contributed by atoms with Crippen molar-refractivity contribution in [2.24, 2.45) is 5.73 Å². The summed E-state index contributed by atoms with van der Waals surface area (Å²) in [6.45, 7) is 2.78. The number of nitrogens with zero attached hydrogens (tertiary/aromatic N) is 1. The van der Waals surface area contributed by atoms with E-state index in [2.05, 4.69) is 35.5 Å². The van der Waals surface area contributed by atoms with Crippen LogP contribution in [0.15, 0.2) is 48.1 Å². The van der Waals surface area contributed by atoms with Crippen LogP contribution >= 0.6 is 11.3 Å². The number of benzene rings is 1. The van der Waals surface area contributed by atoms with E-state index in [4.69, 9.17) is 10.5 Å². The van der Waals surface area contributed by atoms with Gasteiger partial charge in [0, 0.05) is 10.9 Å². The molecule has 2 N–H and O–H groups in total. The van der Waals surface area contributed by atoms with Crippen LogP contribution in [0.2, 0.25) is 0 Å². The van der Waals surface area contributed by atoms with Gasteiger partial charge in [0.15, 0.2) is 0 Å². The summed E-state index contributed by atoms with van der Waals surface area (Å²) >= 11 is 1.72. The van der Waals surface area contributed by atoms with Gasteiger partial charge in [0.1, 0.15) is 5.75 Å². The van der Waals surface area contributed by atoms with Gasteiger partial charge in [0.25, 0.3) is 0 Å². The number of ether oxygens (including phenoxy) is 1. The largest absolute Gasteiger partial charge is 0.492 e. The Morgan fingerprint density at radius 3 is 3.00 bits per heavy atom. The molecule has 0 aliphatic rings. The summed E-state index contributed by atoms with van der Waals surface area (Å²) < 4.78 is 6.89. The number of hydrogen-bond donors (Lipinski definition) is 1. The Balaban J connectivity index is 1.92. The monoisotopic (exact) mass is 298 g/mol.